The minimum Gasteiger partial charge on any atom is -0.497 e. The van der Waals surface area contributed by atoms with Gasteiger partial charge in [0.15, 0.2) is 6.10 Å². The first-order valence-electron chi connectivity index (χ1n) is 6.78. The van der Waals surface area contributed by atoms with E-state index < -0.39 is 12.1 Å². The van der Waals surface area contributed by atoms with Crippen LogP contribution < -0.4 is 14.8 Å². The number of nitrogens with one attached hydrogen (secondary N) is 1. The summed E-state index contributed by atoms with van der Waals surface area (Å²) in [4.78, 5) is 23.9. The van der Waals surface area contributed by atoms with Crippen LogP contribution in [-0.2, 0) is 9.53 Å². The summed E-state index contributed by atoms with van der Waals surface area (Å²) in [6.45, 7) is 1.55. The zero-order chi connectivity index (χ0) is 15.4. The summed E-state index contributed by atoms with van der Waals surface area (Å²) in [6.07, 6.45) is 1.13. The smallest absolute Gasteiger partial charge is 0.342 e. The molecule has 6 heteroatoms. The lowest BCUT2D eigenvalue weighted by Gasteiger charge is -2.15. The number of methoxy groups -OCH3 is 2. The van der Waals surface area contributed by atoms with Gasteiger partial charge in [0.05, 0.1) is 14.2 Å². The fourth-order valence-corrected chi connectivity index (χ4v) is 1.79. The number of esters is 1. The molecule has 0 heterocycles. The number of hydrogen-bond acceptors (Lipinski definition) is 5. The third kappa shape index (κ3) is 3.87. The lowest BCUT2D eigenvalue weighted by molar-refractivity contribution is -0.129. The van der Waals surface area contributed by atoms with E-state index in [0.717, 1.165) is 12.8 Å². The summed E-state index contributed by atoms with van der Waals surface area (Å²) in [6, 6.07) is 5.00. The number of amides is 1. The summed E-state index contributed by atoms with van der Waals surface area (Å²) in [5.41, 5.74) is 0.254. The molecule has 114 valence electrons. The van der Waals surface area contributed by atoms with Crippen molar-refractivity contribution in [3.05, 3.63) is 23.8 Å². The van der Waals surface area contributed by atoms with Crippen LogP contribution in [0.2, 0.25) is 0 Å². The Labute approximate surface area is 123 Å². The van der Waals surface area contributed by atoms with Crippen molar-refractivity contribution in [3.63, 3.8) is 0 Å². The maximum atomic E-state index is 12.1. The molecule has 1 aromatic carbocycles. The van der Waals surface area contributed by atoms with Crippen LogP contribution in [0.3, 0.4) is 0 Å². The van der Waals surface area contributed by atoms with Crippen molar-refractivity contribution in [2.75, 3.05) is 14.2 Å². The van der Waals surface area contributed by atoms with Gasteiger partial charge in [-0.3, -0.25) is 4.79 Å². The normalized spacial score (nSPS) is 15.0. The molecule has 1 unspecified atom stereocenters. The lowest BCUT2D eigenvalue weighted by Crippen LogP contribution is -2.37. The number of ether oxygens (including phenoxy) is 3. The van der Waals surface area contributed by atoms with Gasteiger partial charge in [-0.25, -0.2) is 4.79 Å². The number of carbonyl (C=O) groups is 2. The summed E-state index contributed by atoms with van der Waals surface area (Å²) in [5, 5.41) is 2.79. The Morgan fingerprint density at radius 2 is 1.95 bits per heavy atom. The molecule has 1 saturated carbocycles. The predicted molar refractivity (Wildman–Crippen MR) is 75.6 cm³/mol. The molecule has 1 atom stereocenters. The van der Waals surface area contributed by atoms with Gasteiger partial charge in [-0.05, 0) is 31.9 Å². The fraction of sp³-hybridized carbons (Fsp3) is 0.467. The molecule has 0 spiro atoms. The maximum Gasteiger partial charge on any atom is 0.342 e. The van der Waals surface area contributed by atoms with Crippen LogP contribution in [-0.4, -0.2) is 38.2 Å². The number of carbonyl (C=O) groups excluding carboxylic acids is 2. The van der Waals surface area contributed by atoms with Gasteiger partial charge in [-0.2, -0.15) is 0 Å². The number of rotatable bonds is 6. The van der Waals surface area contributed by atoms with Crippen molar-refractivity contribution in [2.24, 2.45) is 0 Å². The molecule has 1 amide bonds. The lowest BCUT2D eigenvalue weighted by atomic mass is 10.2. The van der Waals surface area contributed by atoms with Crippen molar-refractivity contribution >= 4 is 11.9 Å². The summed E-state index contributed by atoms with van der Waals surface area (Å²) < 4.78 is 15.4. The second kappa shape index (κ2) is 6.47. The topological polar surface area (TPSA) is 73.9 Å². The molecule has 2 rings (SSSR count). The van der Waals surface area contributed by atoms with E-state index in [0.29, 0.717) is 11.5 Å². The maximum absolute atomic E-state index is 12.1. The van der Waals surface area contributed by atoms with Crippen LogP contribution in [0.5, 0.6) is 11.5 Å². The molecule has 21 heavy (non-hydrogen) atoms. The van der Waals surface area contributed by atoms with E-state index in [4.69, 9.17) is 14.2 Å². The van der Waals surface area contributed by atoms with Gasteiger partial charge < -0.3 is 19.5 Å². The van der Waals surface area contributed by atoms with Crippen LogP contribution >= 0.6 is 0 Å². The van der Waals surface area contributed by atoms with E-state index in [9.17, 15) is 9.59 Å². The van der Waals surface area contributed by atoms with Crippen molar-refractivity contribution in [3.8, 4) is 11.5 Å². The second-order valence-corrected chi connectivity index (χ2v) is 4.90. The minimum absolute atomic E-state index is 0.231. The molecule has 1 aliphatic rings. The number of hydrogen-bond donors (Lipinski definition) is 1. The molecule has 6 nitrogen and oxygen atoms in total. The molecule has 0 aliphatic heterocycles. The van der Waals surface area contributed by atoms with Crippen LogP contribution in [0.25, 0.3) is 0 Å². The third-order valence-electron chi connectivity index (χ3n) is 3.21. The standard InChI is InChI=1S/C15H19NO5/c1-9(14(17)16-10-4-5-10)21-15(18)12-7-6-11(19-2)8-13(12)20-3/h6-10H,4-5H2,1-3H3,(H,16,17). The van der Waals surface area contributed by atoms with Gasteiger partial charge in [0.1, 0.15) is 17.1 Å². The Hall–Kier alpha value is -2.24. The van der Waals surface area contributed by atoms with Gasteiger partial charge in [0.25, 0.3) is 5.91 Å². The molecule has 1 N–H and O–H groups in total. The quantitative estimate of drug-likeness (QED) is 0.805. The predicted octanol–water partition coefficient (Wildman–Crippen LogP) is 1.53. The second-order valence-electron chi connectivity index (χ2n) is 4.90. The Balaban J connectivity index is 2.03. The molecule has 1 aliphatic carbocycles. The fourth-order valence-electron chi connectivity index (χ4n) is 1.79. The Morgan fingerprint density at radius 1 is 1.24 bits per heavy atom. The van der Waals surface area contributed by atoms with E-state index in [1.54, 1.807) is 25.1 Å². The first kappa shape index (κ1) is 15.2. The highest BCUT2D eigenvalue weighted by Gasteiger charge is 2.28. The minimum atomic E-state index is -0.843. The van der Waals surface area contributed by atoms with Crippen LogP contribution in [0.4, 0.5) is 0 Å². The Bertz CT molecular complexity index is 539. The van der Waals surface area contributed by atoms with Crippen LogP contribution in [0.15, 0.2) is 18.2 Å². The molecule has 0 bridgehead atoms. The van der Waals surface area contributed by atoms with E-state index in [1.165, 1.54) is 14.2 Å². The zero-order valence-electron chi connectivity index (χ0n) is 12.3. The van der Waals surface area contributed by atoms with Gasteiger partial charge in [0.2, 0.25) is 0 Å². The van der Waals surface area contributed by atoms with Crippen molar-refractivity contribution in [1.29, 1.82) is 0 Å². The monoisotopic (exact) mass is 293 g/mol. The average molecular weight is 293 g/mol. The molecule has 1 fully saturated rings. The summed E-state index contributed by atoms with van der Waals surface area (Å²) >= 11 is 0. The molecule has 0 saturated heterocycles. The van der Waals surface area contributed by atoms with E-state index >= 15 is 0 Å². The van der Waals surface area contributed by atoms with E-state index in [-0.39, 0.29) is 17.5 Å². The zero-order valence-corrected chi connectivity index (χ0v) is 12.3. The first-order chi connectivity index (χ1) is 10.0. The van der Waals surface area contributed by atoms with Crippen molar-refractivity contribution in [2.45, 2.75) is 31.9 Å². The highest BCUT2D eigenvalue weighted by Crippen LogP contribution is 2.25. The highest BCUT2D eigenvalue weighted by molar-refractivity contribution is 5.95. The first-order valence-corrected chi connectivity index (χ1v) is 6.78. The van der Waals surface area contributed by atoms with Crippen LogP contribution in [0.1, 0.15) is 30.1 Å². The summed E-state index contributed by atoms with van der Waals surface area (Å²) in [7, 11) is 2.98. The van der Waals surface area contributed by atoms with Crippen molar-refractivity contribution in [1.82, 2.24) is 5.32 Å². The SMILES string of the molecule is COc1ccc(C(=O)OC(C)C(=O)NC2CC2)c(OC)c1. The molecule has 0 aromatic heterocycles. The highest BCUT2D eigenvalue weighted by atomic mass is 16.5. The Kier molecular flexibility index (Phi) is 4.67. The van der Waals surface area contributed by atoms with Crippen LogP contribution in [0, 0.1) is 0 Å². The number of benzene rings is 1. The molecule has 0 radical (unpaired) electrons. The van der Waals surface area contributed by atoms with Gasteiger partial charge in [-0.1, -0.05) is 0 Å². The summed E-state index contributed by atoms with van der Waals surface area (Å²) in [5.74, 6) is 0.0309. The Morgan fingerprint density at radius 3 is 2.52 bits per heavy atom. The average Bonchev–Trinajstić information content (AvgIpc) is 3.30. The largest absolute Gasteiger partial charge is 0.497 e. The van der Waals surface area contributed by atoms with Gasteiger partial charge in [0, 0.05) is 12.1 Å². The third-order valence-corrected chi connectivity index (χ3v) is 3.21. The molecule has 1 aromatic rings. The van der Waals surface area contributed by atoms with Gasteiger partial charge in [-0.15, -0.1) is 0 Å². The van der Waals surface area contributed by atoms with Gasteiger partial charge >= 0.3 is 5.97 Å². The van der Waals surface area contributed by atoms with E-state index in [1.807, 2.05) is 0 Å². The molecular weight excluding hydrogens is 274 g/mol. The van der Waals surface area contributed by atoms with Crippen molar-refractivity contribution < 1.29 is 23.8 Å². The molecular formula is C15H19NO5. The van der Waals surface area contributed by atoms with E-state index in [2.05, 4.69) is 5.32 Å².